The molecule has 0 bridgehead atoms. The minimum atomic E-state index is -0.185. The smallest absolute Gasteiger partial charge is 0.183 e. The van der Waals surface area contributed by atoms with Crippen molar-refractivity contribution in [3.63, 3.8) is 0 Å². The van der Waals surface area contributed by atoms with E-state index in [0.717, 1.165) is 24.7 Å². The Hall–Kier alpha value is -0.220. The molecule has 0 aromatic heterocycles. The van der Waals surface area contributed by atoms with Gasteiger partial charge in [-0.15, -0.1) is 11.6 Å². The van der Waals surface area contributed by atoms with Gasteiger partial charge in [0.25, 0.3) is 0 Å². The van der Waals surface area contributed by atoms with Crippen LogP contribution in [0.5, 0.6) is 0 Å². The second-order valence-corrected chi connectivity index (χ2v) is 7.93. The van der Waals surface area contributed by atoms with Crippen LogP contribution in [0.1, 0.15) is 37.5 Å². The minimum absolute atomic E-state index is 0.185. The Morgan fingerprint density at radius 2 is 1.67 bits per heavy atom. The van der Waals surface area contributed by atoms with E-state index < -0.39 is 0 Å². The highest BCUT2D eigenvalue weighted by Gasteiger charge is 2.26. The minimum Gasteiger partial charge on any atom is -0.347 e. The third-order valence-electron chi connectivity index (χ3n) is 4.28. The first-order valence-corrected chi connectivity index (χ1v) is 9.33. The van der Waals surface area contributed by atoms with E-state index in [-0.39, 0.29) is 6.29 Å². The van der Waals surface area contributed by atoms with Crippen molar-refractivity contribution in [1.82, 2.24) is 0 Å². The van der Waals surface area contributed by atoms with Crippen molar-refractivity contribution in [1.29, 1.82) is 0 Å². The van der Waals surface area contributed by atoms with E-state index in [1.807, 2.05) is 30.0 Å². The maximum absolute atomic E-state index is 6.16. The van der Waals surface area contributed by atoms with Gasteiger partial charge < -0.3 is 9.47 Å². The van der Waals surface area contributed by atoms with Crippen molar-refractivity contribution < 1.29 is 9.47 Å². The SMILES string of the molecule is ClC1CCC(CSC2COC(c3ccccc3)OC2)CC1. The third kappa shape index (κ3) is 4.62. The summed E-state index contributed by atoms with van der Waals surface area (Å²) in [6, 6.07) is 10.2. The standard InChI is InChI=1S/C17H23ClO2S/c18-15-8-6-13(7-9-15)12-21-16-10-19-17(20-11-16)14-4-2-1-3-5-14/h1-5,13,15-17H,6-12H2. The second kappa shape index (κ2) is 7.87. The molecule has 0 atom stereocenters. The summed E-state index contributed by atoms with van der Waals surface area (Å²) >= 11 is 8.17. The number of rotatable bonds is 4. The molecule has 21 heavy (non-hydrogen) atoms. The van der Waals surface area contributed by atoms with Crippen LogP contribution in [-0.4, -0.2) is 29.6 Å². The highest BCUT2D eigenvalue weighted by atomic mass is 35.5. The van der Waals surface area contributed by atoms with Crippen LogP contribution in [0, 0.1) is 5.92 Å². The van der Waals surface area contributed by atoms with Crippen molar-refractivity contribution in [3.05, 3.63) is 35.9 Å². The average molecular weight is 327 g/mol. The Bertz CT molecular complexity index is 412. The number of benzene rings is 1. The molecule has 1 aromatic carbocycles. The van der Waals surface area contributed by atoms with Gasteiger partial charge in [-0.1, -0.05) is 30.3 Å². The zero-order valence-corrected chi connectivity index (χ0v) is 13.8. The van der Waals surface area contributed by atoms with Crippen LogP contribution >= 0.6 is 23.4 Å². The number of ether oxygens (including phenoxy) is 2. The lowest BCUT2D eigenvalue weighted by atomic mass is 9.90. The number of alkyl halides is 1. The molecule has 1 saturated heterocycles. The quantitative estimate of drug-likeness (QED) is 0.751. The largest absolute Gasteiger partial charge is 0.347 e. The first-order chi connectivity index (χ1) is 10.3. The van der Waals surface area contributed by atoms with Crippen LogP contribution in [0.3, 0.4) is 0 Å². The summed E-state index contributed by atoms with van der Waals surface area (Å²) in [6.45, 7) is 1.57. The maximum Gasteiger partial charge on any atom is 0.183 e. The summed E-state index contributed by atoms with van der Waals surface area (Å²) < 4.78 is 11.7. The van der Waals surface area contributed by atoms with Gasteiger partial charge in [-0.2, -0.15) is 11.8 Å². The Labute approximate surface area is 136 Å². The molecule has 116 valence electrons. The Balaban J connectivity index is 1.38. The van der Waals surface area contributed by atoms with E-state index in [0.29, 0.717) is 10.6 Å². The first kappa shape index (κ1) is 15.7. The van der Waals surface area contributed by atoms with Crippen molar-refractivity contribution in [2.75, 3.05) is 19.0 Å². The number of hydrogen-bond donors (Lipinski definition) is 0. The van der Waals surface area contributed by atoms with Gasteiger partial charge in [0, 0.05) is 10.9 Å². The van der Waals surface area contributed by atoms with Gasteiger partial charge in [0.1, 0.15) is 0 Å². The second-order valence-electron chi connectivity index (χ2n) is 5.98. The van der Waals surface area contributed by atoms with Crippen molar-refractivity contribution in [3.8, 4) is 0 Å². The molecule has 0 unspecified atom stereocenters. The van der Waals surface area contributed by atoms with Crippen molar-refractivity contribution >= 4 is 23.4 Å². The molecule has 1 aliphatic heterocycles. The van der Waals surface area contributed by atoms with E-state index in [4.69, 9.17) is 21.1 Å². The lowest BCUT2D eigenvalue weighted by Crippen LogP contribution is -2.30. The number of halogens is 1. The van der Waals surface area contributed by atoms with Gasteiger partial charge in [0.15, 0.2) is 6.29 Å². The first-order valence-electron chi connectivity index (χ1n) is 7.85. The lowest BCUT2D eigenvalue weighted by molar-refractivity contribution is -0.179. The van der Waals surface area contributed by atoms with Crippen molar-refractivity contribution in [2.24, 2.45) is 5.92 Å². The zero-order chi connectivity index (χ0) is 14.5. The highest BCUT2D eigenvalue weighted by molar-refractivity contribution is 7.99. The van der Waals surface area contributed by atoms with Crippen LogP contribution < -0.4 is 0 Å². The van der Waals surface area contributed by atoms with Gasteiger partial charge in [0.2, 0.25) is 0 Å². The molecule has 0 amide bonds. The molecular formula is C17H23ClO2S. The van der Waals surface area contributed by atoms with Crippen LogP contribution in [0.25, 0.3) is 0 Å². The maximum atomic E-state index is 6.16. The summed E-state index contributed by atoms with van der Waals surface area (Å²) in [5.41, 5.74) is 1.11. The molecule has 2 aliphatic rings. The Kier molecular flexibility index (Phi) is 5.87. The zero-order valence-electron chi connectivity index (χ0n) is 12.2. The monoisotopic (exact) mass is 326 g/mol. The Morgan fingerprint density at radius 3 is 2.33 bits per heavy atom. The van der Waals surface area contributed by atoms with Crippen LogP contribution in [0.4, 0.5) is 0 Å². The fourth-order valence-corrected chi connectivity index (χ4v) is 4.42. The van der Waals surface area contributed by atoms with Gasteiger partial charge >= 0.3 is 0 Å². The predicted molar refractivity (Wildman–Crippen MR) is 88.9 cm³/mol. The fraction of sp³-hybridized carbons (Fsp3) is 0.647. The van der Waals surface area contributed by atoms with Crippen LogP contribution in [-0.2, 0) is 9.47 Å². The molecule has 3 rings (SSSR count). The van der Waals surface area contributed by atoms with Gasteiger partial charge in [-0.3, -0.25) is 0 Å². The topological polar surface area (TPSA) is 18.5 Å². The van der Waals surface area contributed by atoms with Crippen LogP contribution in [0.15, 0.2) is 30.3 Å². The summed E-state index contributed by atoms with van der Waals surface area (Å²) in [5.74, 6) is 2.05. The summed E-state index contributed by atoms with van der Waals surface area (Å²) in [4.78, 5) is 0. The molecule has 2 fully saturated rings. The van der Waals surface area contributed by atoms with Crippen molar-refractivity contribution in [2.45, 2.75) is 42.6 Å². The molecule has 0 N–H and O–H groups in total. The highest BCUT2D eigenvalue weighted by Crippen LogP contribution is 2.33. The van der Waals surface area contributed by atoms with E-state index in [2.05, 4.69) is 12.1 Å². The number of thioether (sulfide) groups is 1. The predicted octanol–water partition coefficient (Wildman–Crippen LogP) is 4.63. The average Bonchev–Trinajstić information content (AvgIpc) is 2.56. The van der Waals surface area contributed by atoms with Gasteiger partial charge in [-0.05, 0) is 37.4 Å². The van der Waals surface area contributed by atoms with Crippen LogP contribution in [0.2, 0.25) is 0 Å². The molecule has 1 saturated carbocycles. The molecule has 4 heteroatoms. The fourth-order valence-electron chi connectivity index (χ4n) is 2.95. The summed E-state index contributed by atoms with van der Waals surface area (Å²) in [7, 11) is 0. The third-order valence-corrected chi connectivity index (χ3v) is 6.13. The molecule has 0 spiro atoms. The van der Waals surface area contributed by atoms with E-state index in [9.17, 15) is 0 Å². The van der Waals surface area contributed by atoms with Gasteiger partial charge in [0.05, 0.1) is 18.5 Å². The number of hydrogen-bond acceptors (Lipinski definition) is 3. The molecule has 1 aliphatic carbocycles. The van der Waals surface area contributed by atoms with E-state index >= 15 is 0 Å². The summed E-state index contributed by atoms with van der Waals surface area (Å²) in [5, 5.41) is 0.887. The normalized spacial score (nSPS) is 33.8. The molecule has 2 nitrogen and oxygen atoms in total. The lowest BCUT2D eigenvalue weighted by Gasteiger charge is -2.31. The molecule has 1 aromatic rings. The van der Waals surface area contributed by atoms with E-state index in [1.54, 1.807) is 0 Å². The summed E-state index contributed by atoms with van der Waals surface area (Å²) in [6.07, 6.45) is 4.74. The molecular weight excluding hydrogens is 304 g/mol. The van der Waals surface area contributed by atoms with Gasteiger partial charge in [-0.25, -0.2) is 0 Å². The Morgan fingerprint density at radius 1 is 1.00 bits per heavy atom. The molecule has 1 heterocycles. The van der Waals surface area contributed by atoms with E-state index in [1.165, 1.54) is 31.4 Å². The molecule has 0 radical (unpaired) electrons.